The lowest BCUT2D eigenvalue weighted by molar-refractivity contribution is -0.127. The second-order valence-corrected chi connectivity index (χ2v) is 2.81. The van der Waals surface area contributed by atoms with Gasteiger partial charge in [0.2, 0.25) is 0 Å². The Morgan fingerprint density at radius 2 is 2.55 bits per heavy atom. The number of ketones is 1. The Bertz CT molecular complexity index is 152. The summed E-state index contributed by atoms with van der Waals surface area (Å²) in [6, 6.07) is 0. The van der Waals surface area contributed by atoms with Crippen molar-refractivity contribution in [2.75, 3.05) is 26.9 Å². The van der Waals surface area contributed by atoms with E-state index in [1.54, 1.807) is 0 Å². The SMILES string of the molecule is COCC(=O)C1(N)CCOC1. The molecule has 11 heavy (non-hydrogen) atoms. The molecule has 1 unspecified atom stereocenters. The van der Waals surface area contributed by atoms with E-state index in [-0.39, 0.29) is 12.4 Å². The minimum atomic E-state index is -0.782. The highest BCUT2D eigenvalue weighted by Gasteiger charge is 2.37. The van der Waals surface area contributed by atoms with Crippen molar-refractivity contribution in [2.45, 2.75) is 12.0 Å². The van der Waals surface area contributed by atoms with Gasteiger partial charge in [0.05, 0.1) is 6.61 Å². The molecule has 64 valence electrons. The summed E-state index contributed by atoms with van der Waals surface area (Å²) in [6.45, 7) is 0.987. The van der Waals surface area contributed by atoms with Crippen molar-refractivity contribution in [1.29, 1.82) is 0 Å². The molecule has 0 spiro atoms. The quantitative estimate of drug-likeness (QED) is 0.592. The van der Waals surface area contributed by atoms with Crippen molar-refractivity contribution < 1.29 is 14.3 Å². The number of methoxy groups -OCH3 is 1. The Morgan fingerprint density at radius 1 is 1.82 bits per heavy atom. The van der Waals surface area contributed by atoms with Crippen LogP contribution in [0.1, 0.15) is 6.42 Å². The lowest BCUT2D eigenvalue weighted by Crippen LogP contribution is -2.50. The average molecular weight is 159 g/mol. The molecule has 0 saturated carbocycles. The van der Waals surface area contributed by atoms with E-state index in [4.69, 9.17) is 15.2 Å². The number of ether oxygens (including phenoxy) is 2. The summed E-state index contributed by atoms with van der Waals surface area (Å²) in [5, 5.41) is 0. The third-order valence-electron chi connectivity index (χ3n) is 1.88. The zero-order valence-electron chi connectivity index (χ0n) is 6.63. The summed E-state index contributed by atoms with van der Waals surface area (Å²) in [5.41, 5.74) is 4.95. The number of carbonyl (C=O) groups is 1. The van der Waals surface area contributed by atoms with Gasteiger partial charge in [-0.3, -0.25) is 4.79 Å². The van der Waals surface area contributed by atoms with Gasteiger partial charge in [-0.2, -0.15) is 0 Å². The number of carbonyl (C=O) groups excluding carboxylic acids is 1. The first-order chi connectivity index (χ1) is 5.19. The highest BCUT2D eigenvalue weighted by molar-refractivity contribution is 5.89. The number of Topliss-reactive ketones (excluding diaryl/α,β-unsaturated/α-hetero) is 1. The van der Waals surface area contributed by atoms with Crippen LogP contribution in [0.5, 0.6) is 0 Å². The van der Waals surface area contributed by atoms with Gasteiger partial charge in [0.15, 0.2) is 5.78 Å². The molecule has 1 rings (SSSR count). The molecular formula is C7H13NO3. The van der Waals surface area contributed by atoms with Crippen LogP contribution < -0.4 is 5.73 Å². The minimum absolute atomic E-state index is 0.0718. The number of hydrogen-bond donors (Lipinski definition) is 1. The number of hydrogen-bond acceptors (Lipinski definition) is 4. The van der Waals surface area contributed by atoms with Crippen LogP contribution in [0.15, 0.2) is 0 Å². The van der Waals surface area contributed by atoms with E-state index in [2.05, 4.69) is 0 Å². The molecule has 4 heteroatoms. The summed E-state index contributed by atoms with van der Waals surface area (Å²) in [5.74, 6) is -0.0718. The first-order valence-corrected chi connectivity index (χ1v) is 3.58. The number of nitrogens with two attached hydrogens (primary N) is 1. The lowest BCUT2D eigenvalue weighted by Gasteiger charge is -2.18. The van der Waals surface area contributed by atoms with Gasteiger partial charge >= 0.3 is 0 Å². The van der Waals surface area contributed by atoms with Crippen molar-refractivity contribution in [2.24, 2.45) is 5.73 Å². The smallest absolute Gasteiger partial charge is 0.180 e. The Labute approximate surface area is 65.7 Å². The summed E-state index contributed by atoms with van der Waals surface area (Å²) in [7, 11) is 1.48. The lowest BCUT2D eigenvalue weighted by atomic mass is 9.95. The van der Waals surface area contributed by atoms with Crippen molar-refractivity contribution in [3.63, 3.8) is 0 Å². The van der Waals surface area contributed by atoms with Gasteiger partial charge in [-0.05, 0) is 6.42 Å². The molecule has 0 bridgehead atoms. The van der Waals surface area contributed by atoms with Crippen LogP contribution >= 0.6 is 0 Å². The Hall–Kier alpha value is -0.450. The van der Waals surface area contributed by atoms with Gasteiger partial charge < -0.3 is 15.2 Å². The predicted octanol–water partition coefficient (Wildman–Crippen LogP) is -0.680. The van der Waals surface area contributed by atoms with Crippen molar-refractivity contribution in [3.8, 4) is 0 Å². The van der Waals surface area contributed by atoms with Crippen molar-refractivity contribution in [3.05, 3.63) is 0 Å². The fraction of sp³-hybridized carbons (Fsp3) is 0.857. The van der Waals surface area contributed by atoms with E-state index in [0.717, 1.165) is 0 Å². The van der Waals surface area contributed by atoms with Crippen LogP contribution in [0, 0.1) is 0 Å². The normalized spacial score (nSPS) is 30.7. The Morgan fingerprint density at radius 3 is 3.00 bits per heavy atom. The standard InChI is InChI=1S/C7H13NO3/c1-10-4-6(9)7(8)2-3-11-5-7/h2-5,8H2,1H3. The van der Waals surface area contributed by atoms with Crippen LogP contribution in [0.25, 0.3) is 0 Å². The zero-order chi connectivity index (χ0) is 8.32. The van der Waals surface area contributed by atoms with Gasteiger partial charge in [-0.15, -0.1) is 0 Å². The molecule has 0 amide bonds. The first kappa shape index (κ1) is 8.64. The van der Waals surface area contributed by atoms with Crippen LogP contribution in [0.3, 0.4) is 0 Å². The molecule has 0 aromatic rings. The van der Waals surface area contributed by atoms with Crippen LogP contribution in [-0.2, 0) is 14.3 Å². The van der Waals surface area contributed by atoms with E-state index in [1.807, 2.05) is 0 Å². The van der Waals surface area contributed by atoms with E-state index in [9.17, 15) is 4.79 Å². The maximum Gasteiger partial charge on any atom is 0.180 e. The molecule has 1 aliphatic heterocycles. The highest BCUT2D eigenvalue weighted by Crippen LogP contribution is 2.16. The molecule has 0 aromatic heterocycles. The molecule has 1 atom stereocenters. The Balaban J connectivity index is 2.49. The van der Waals surface area contributed by atoms with Crippen LogP contribution in [-0.4, -0.2) is 38.3 Å². The molecule has 0 aliphatic carbocycles. The molecule has 1 aliphatic rings. The van der Waals surface area contributed by atoms with E-state index >= 15 is 0 Å². The summed E-state index contributed by atoms with van der Waals surface area (Å²) < 4.78 is 9.72. The predicted molar refractivity (Wildman–Crippen MR) is 39.2 cm³/mol. The topological polar surface area (TPSA) is 61.5 Å². The van der Waals surface area contributed by atoms with Crippen molar-refractivity contribution >= 4 is 5.78 Å². The van der Waals surface area contributed by atoms with Crippen LogP contribution in [0.2, 0.25) is 0 Å². The van der Waals surface area contributed by atoms with Gasteiger partial charge in [-0.1, -0.05) is 0 Å². The fourth-order valence-electron chi connectivity index (χ4n) is 1.08. The molecule has 1 heterocycles. The van der Waals surface area contributed by atoms with E-state index < -0.39 is 5.54 Å². The molecule has 2 N–H and O–H groups in total. The average Bonchev–Trinajstić information content (AvgIpc) is 2.38. The van der Waals surface area contributed by atoms with E-state index in [1.165, 1.54) is 7.11 Å². The maximum absolute atomic E-state index is 11.2. The molecule has 1 saturated heterocycles. The maximum atomic E-state index is 11.2. The molecule has 0 aromatic carbocycles. The third kappa shape index (κ3) is 1.77. The molecule has 0 radical (unpaired) electrons. The summed E-state index contributed by atoms with van der Waals surface area (Å²) >= 11 is 0. The van der Waals surface area contributed by atoms with Crippen LogP contribution in [0.4, 0.5) is 0 Å². The van der Waals surface area contributed by atoms with Gasteiger partial charge in [0, 0.05) is 13.7 Å². The minimum Gasteiger partial charge on any atom is -0.379 e. The van der Waals surface area contributed by atoms with Gasteiger partial charge in [0.25, 0.3) is 0 Å². The second-order valence-electron chi connectivity index (χ2n) is 2.81. The van der Waals surface area contributed by atoms with Gasteiger partial charge in [0.1, 0.15) is 12.1 Å². The van der Waals surface area contributed by atoms with Crippen molar-refractivity contribution in [1.82, 2.24) is 0 Å². The molecule has 4 nitrogen and oxygen atoms in total. The molecular weight excluding hydrogens is 146 g/mol. The monoisotopic (exact) mass is 159 g/mol. The van der Waals surface area contributed by atoms with E-state index in [0.29, 0.717) is 19.6 Å². The Kier molecular flexibility index (Phi) is 2.59. The second kappa shape index (κ2) is 3.30. The molecule has 1 fully saturated rings. The summed E-state index contributed by atoms with van der Waals surface area (Å²) in [4.78, 5) is 11.2. The van der Waals surface area contributed by atoms with Gasteiger partial charge in [-0.25, -0.2) is 0 Å². The largest absolute Gasteiger partial charge is 0.379 e. The third-order valence-corrected chi connectivity index (χ3v) is 1.88. The first-order valence-electron chi connectivity index (χ1n) is 3.58. The highest BCUT2D eigenvalue weighted by atomic mass is 16.5. The fourth-order valence-corrected chi connectivity index (χ4v) is 1.08. The number of rotatable bonds is 3. The zero-order valence-corrected chi connectivity index (χ0v) is 6.63. The summed E-state index contributed by atoms with van der Waals surface area (Å²) in [6.07, 6.45) is 0.606.